The zero-order valence-electron chi connectivity index (χ0n) is 15.7. The molecule has 0 aliphatic carbocycles. The van der Waals surface area contributed by atoms with E-state index in [-0.39, 0.29) is 17.7 Å². The van der Waals surface area contributed by atoms with Crippen LogP contribution in [0.5, 0.6) is 0 Å². The third-order valence-electron chi connectivity index (χ3n) is 5.76. The van der Waals surface area contributed by atoms with E-state index in [1.165, 1.54) is 0 Å². The Morgan fingerprint density at radius 2 is 1.93 bits per heavy atom. The highest BCUT2D eigenvalue weighted by Gasteiger charge is 2.48. The third-order valence-corrected chi connectivity index (χ3v) is 5.76. The summed E-state index contributed by atoms with van der Waals surface area (Å²) in [5.74, 6) is -0.407. The molecule has 8 nitrogen and oxygen atoms in total. The van der Waals surface area contributed by atoms with Gasteiger partial charge < -0.3 is 10.2 Å². The van der Waals surface area contributed by atoms with Gasteiger partial charge in [-0.3, -0.25) is 20.0 Å². The van der Waals surface area contributed by atoms with Gasteiger partial charge in [0, 0.05) is 25.2 Å². The summed E-state index contributed by atoms with van der Waals surface area (Å²) in [7, 11) is 0. The van der Waals surface area contributed by atoms with Crippen LogP contribution in [0, 0.1) is 5.92 Å². The Balaban J connectivity index is 1.37. The van der Waals surface area contributed by atoms with Crippen LogP contribution in [0.25, 0.3) is 0 Å². The molecule has 0 spiro atoms. The predicted octanol–water partition coefficient (Wildman–Crippen LogP) is 1.45. The SMILES string of the molecule is CC1(C2CCN(C(=O)c3cc(Cc4ccccc4)[nH]n3)CC2)NC(=O)NC1=O. The fourth-order valence-corrected chi connectivity index (χ4v) is 4.04. The summed E-state index contributed by atoms with van der Waals surface area (Å²) in [5, 5.41) is 12.2. The first-order chi connectivity index (χ1) is 13.5. The molecule has 2 fully saturated rings. The summed E-state index contributed by atoms with van der Waals surface area (Å²) in [5.41, 5.74) is 1.54. The third kappa shape index (κ3) is 3.37. The van der Waals surface area contributed by atoms with Crippen molar-refractivity contribution in [3.05, 3.63) is 53.3 Å². The number of carbonyl (C=O) groups is 3. The summed E-state index contributed by atoms with van der Waals surface area (Å²) in [6.07, 6.45) is 1.99. The van der Waals surface area contributed by atoms with Gasteiger partial charge in [-0.1, -0.05) is 30.3 Å². The van der Waals surface area contributed by atoms with Crippen LogP contribution in [0.15, 0.2) is 36.4 Å². The molecule has 3 N–H and O–H groups in total. The van der Waals surface area contributed by atoms with Crippen molar-refractivity contribution in [3.63, 3.8) is 0 Å². The van der Waals surface area contributed by atoms with Gasteiger partial charge in [0.05, 0.1) is 0 Å². The van der Waals surface area contributed by atoms with E-state index in [0.29, 0.717) is 38.0 Å². The van der Waals surface area contributed by atoms with E-state index in [2.05, 4.69) is 20.8 Å². The van der Waals surface area contributed by atoms with E-state index in [1.54, 1.807) is 17.9 Å². The molecular formula is C20H23N5O3. The lowest BCUT2D eigenvalue weighted by molar-refractivity contribution is -0.125. The van der Waals surface area contributed by atoms with E-state index in [9.17, 15) is 14.4 Å². The zero-order chi connectivity index (χ0) is 19.7. The van der Waals surface area contributed by atoms with Crippen molar-refractivity contribution < 1.29 is 14.4 Å². The molecular weight excluding hydrogens is 358 g/mol. The largest absolute Gasteiger partial charge is 0.337 e. The van der Waals surface area contributed by atoms with Gasteiger partial charge in [-0.15, -0.1) is 0 Å². The van der Waals surface area contributed by atoms with Crippen LogP contribution < -0.4 is 10.6 Å². The minimum absolute atomic E-state index is 0.00387. The highest BCUT2D eigenvalue weighted by molar-refractivity contribution is 6.07. The fraction of sp³-hybridized carbons (Fsp3) is 0.400. The highest BCUT2D eigenvalue weighted by atomic mass is 16.2. The molecule has 0 bridgehead atoms. The van der Waals surface area contributed by atoms with Gasteiger partial charge in [-0.2, -0.15) is 5.10 Å². The topological polar surface area (TPSA) is 107 Å². The van der Waals surface area contributed by atoms with Gasteiger partial charge in [0.1, 0.15) is 11.2 Å². The Bertz CT molecular complexity index is 902. The molecule has 1 atom stereocenters. The monoisotopic (exact) mass is 381 g/mol. The Morgan fingerprint density at radius 3 is 2.57 bits per heavy atom. The van der Waals surface area contributed by atoms with Crippen molar-refractivity contribution in [2.45, 2.75) is 31.7 Å². The molecule has 4 amide bonds. The summed E-state index contributed by atoms with van der Waals surface area (Å²) in [4.78, 5) is 38.1. The summed E-state index contributed by atoms with van der Waals surface area (Å²) in [6.45, 7) is 2.81. The maximum Gasteiger partial charge on any atom is 0.322 e. The first-order valence-corrected chi connectivity index (χ1v) is 9.47. The van der Waals surface area contributed by atoms with E-state index < -0.39 is 11.6 Å². The van der Waals surface area contributed by atoms with Crippen LogP contribution in [0.4, 0.5) is 4.79 Å². The number of urea groups is 1. The second kappa shape index (κ2) is 7.10. The number of aromatic amines is 1. The van der Waals surface area contributed by atoms with Crippen molar-refractivity contribution >= 4 is 17.8 Å². The number of benzene rings is 1. The summed E-state index contributed by atoms with van der Waals surface area (Å²) in [6, 6.07) is 11.3. The van der Waals surface area contributed by atoms with Gasteiger partial charge >= 0.3 is 6.03 Å². The predicted molar refractivity (Wildman–Crippen MR) is 102 cm³/mol. The lowest BCUT2D eigenvalue weighted by atomic mass is 9.79. The molecule has 0 saturated carbocycles. The molecule has 2 aromatic rings. The number of imide groups is 1. The van der Waals surface area contributed by atoms with Crippen molar-refractivity contribution in [3.8, 4) is 0 Å². The molecule has 4 rings (SSSR count). The number of carbonyl (C=O) groups excluding carboxylic acids is 3. The molecule has 0 radical (unpaired) electrons. The van der Waals surface area contributed by atoms with E-state index >= 15 is 0 Å². The minimum Gasteiger partial charge on any atom is -0.337 e. The van der Waals surface area contributed by atoms with Gasteiger partial charge in [0.15, 0.2) is 0 Å². The Hall–Kier alpha value is -3.16. The first kappa shape index (κ1) is 18.2. The number of amides is 4. The second-order valence-electron chi connectivity index (χ2n) is 7.62. The van der Waals surface area contributed by atoms with Crippen molar-refractivity contribution in [1.82, 2.24) is 25.7 Å². The smallest absolute Gasteiger partial charge is 0.322 e. The average molecular weight is 381 g/mol. The number of nitrogens with zero attached hydrogens (tertiary/aromatic N) is 2. The quantitative estimate of drug-likeness (QED) is 0.697. The van der Waals surface area contributed by atoms with Gasteiger partial charge in [-0.05, 0) is 37.3 Å². The molecule has 1 aromatic carbocycles. The molecule has 3 heterocycles. The second-order valence-corrected chi connectivity index (χ2v) is 7.62. The number of piperidine rings is 1. The molecule has 1 unspecified atom stereocenters. The van der Waals surface area contributed by atoms with E-state index in [0.717, 1.165) is 11.3 Å². The Kier molecular flexibility index (Phi) is 4.62. The number of H-pyrrole nitrogens is 1. The molecule has 2 aliphatic rings. The number of rotatable bonds is 4. The maximum absolute atomic E-state index is 12.8. The van der Waals surface area contributed by atoms with Crippen LogP contribution in [0.1, 0.15) is 41.5 Å². The van der Waals surface area contributed by atoms with Crippen molar-refractivity contribution in [1.29, 1.82) is 0 Å². The van der Waals surface area contributed by atoms with E-state index in [4.69, 9.17) is 0 Å². The number of nitrogens with one attached hydrogen (secondary N) is 3. The lowest BCUT2D eigenvalue weighted by Gasteiger charge is -2.38. The van der Waals surface area contributed by atoms with Crippen LogP contribution >= 0.6 is 0 Å². The Morgan fingerprint density at radius 1 is 1.21 bits per heavy atom. The number of hydrogen-bond acceptors (Lipinski definition) is 4. The van der Waals surface area contributed by atoms with Crippen molar-refractivity contribution in [2.24, 2.45) is 5.92 Å². The minimum atomic E-state index is -0.901. The zero-order valence-corrected chi connectivity index (χ0v) is 15.7. The van der Waals surface area contributed by atoms with Crippen LogP contribution in [0.2, 0.25) is 0 Å². The van der Waals surface area contributed by atoms with Gasteiger partial charge in [0.25, 0.3) is 11.8 Å². The molecule has 2 aliphatic heterocycles. The van der Waals surface area contributed by atoms with Crippen LogP contribution in [-0.2, 0) is 11.2 Å². The molecule has 1 aromatic heterocycles. The molecule has 28 heavy (non-hydrogen) atoms. The highest BCUT2D eigenvalue weighted by Crippen LogP contribution is 2.31. The maximum atomic E-state index is 12.8. The van der Waals surface area contributed by atoms with Crippen molar-refractivity contribution in [2.75, 3.05) is 13.1 Å². The average Bonchev–Trinajstić information content (AvgIpc) is 3.26. The fourth-order valence-electron chi connectivity index (χ4n) is 4.04. The van der Waals surface area contributed by atoms with E-state index in [1.807, 2.05) is 30.3 Å². The number of likely N-dealkylation sites (tertiary alicyclic amines) is 1. The summed E-state index contributed by atoms with van der Waals surface area (Å²) >= 11 is 0. The first-order valence-electron chi connectivity index (χ1n) is 9.47. The molecule has 8 heteroatoms. The molecule has 2 saturated heterocycles. The van der Waals surface area contributed by atoms with Crippen LogP contribution in [0.3, 0.4) is 0 Å². The lowest BCUT2D eigenvalue weighted by Crippen LogP contribution is -2.54. The number of hydrogen-bond donors (Lipinski definition) is 3. The standard InChI is InChI=1S/C20H23N5O3/c1-20(18(27)21-19(28)22-20)14-7-9-25(10-8-14)17(26)16-12-15(23-24-16)11-13-5-3-2-4-6-13/h2-6,12,14H,7-11H2,1H3,(H,23,24)(H2,21,22,27,28). The summed E-state index contributed by atoms with van der Waals surface area (Å²) < 4.78 is 0. The normalized spacial score (nSPS) is 22.8. The Labute approximate surface area is 162 Å². The van der Waals surface area contributed by atoms with Gasteiger partial charge in [0.2, 0.25) is 0 Å². The number of aromatic nitrogens is 2. The van der Waals surface area contributed by atoms with Crippen LogP contribution in [-0.4, -0.2) is 51.6 Å². The molecule has 146 valence electrons. The van der Waals surface area contributed by atoms with Gasteiger partial charge in [-0.25, -0.2) is 4.79 Å².